The summed E-state index contributed by atoms with van der Waals surface area (Å²) in [5, 5.41) is 3.49. The van der Waals surface area contributed by atoms with E-state index in [4.69, 9.17) is 23.2 Å². The van der Waals surface area contributed by atoms with Crippen molar-refractivity contribution in [3.63, 3.8) is 0 Å². The van der Waals surface area contributed by atoms with Gasteiger partial charge in [0, 0.05) is 10.0 Å². The van der Waals surface area contributed by atoms with Crippen molar-refractivity contribution in [1.29, 1.82) is 0 Å². The van der Waals surface area contributed by atoms with Gasteiger partial charge in [0.25, 0.3) is 0 Å². The number of halogens is 2. The van der Waals surface area contributed by atoms with Crippen molar-refractivity contribution in [2.45, 2.75) is 26.3 Å². The zero-order valence-electron chi connectivity index (χ0n) is 11.6. The Morgan fingerprint density at radius 3 is 2.25 bits per heavy atom. The van der Waals surface area contributed by atoms with Crippen LogP contribution in [-0.4, -0.2) is 25.0 Å². The third-order valence-electron chi connectivity index (χ3n) is 2.84. The Balaban J connectivity index is 2.79. The van der Waals surface area contributed by atoms with E-state index in [2.05, 4.69) is 10.1 Å². The number of rotatable bonds is 5. The molecule has 0 aromatic heterocycles. The first-order valence-electron chi connectivity index (χ1n) is 6.17. The molecule has 0 bridgehead atoms. The number of esters is 1. The van der Waals surface area contributed by atoms with Crippen LogP contribution in [0.5, 0.6) is 0 Å². The summed E-state index contributed by atoms with van der Waals surface area (Å²) in [6.45, 7) is 3.65. The van der Waals surface area contributed by atoms with Crippen molar-refractivity contribution in [2.24, 2.45) is 5.92 Å². The fourth-order valence-corrected chi connectivity index (χ4v) is 2.24. The molecule has 1 atom stereocenters. The van der Waals surface area contributed by atoms with Gasteiger partial charge in [-0.2, -0.15) is 0 Å². The average Bonchev–Trinajstić information content (AvgIpc) is 2.39. The van der Waals surface area contributed by atoms with E-state index in [9.17, 15) is 9.59 Å². The highest BCUT2D eigenvalue weighted by Gasteiger charge is 2.25. The summed E-state index contributed by atoms with van der Waals surface area (Å²) in [6, 6.07) is 4.35. The summed E-state index contributed by atoms with van der Waals surface area (Å²) < 4.78 is 4.67. The minimum absolute atomic E-state index is 0.0126. The lowest BCUT2D eigenvalue weighted by Gasteiger charge is -2.20. The number of benzene rings is 1. The zero-order chi connectivity index (χ0) is 15.3. The molecule has 1 aromatic rings. The topological polar surface area (TPSA) is 55.4 Å². The summed E-state index contributed by atoms with van der Waals surface area (Å²) >= 11 is 12.0. The van der Waals surface area contributed by atoms with Crippen LogP contribution in [0.3, 0.4) is 0 Å². The minimum Gasteiger partial charge on any atom is -0.467 e. The molecule has 0 aliphatic heterocycles. The van der Waals surface area contributed by atoms with Gasteiger partial charge in [0.2, 0.25) is 5.91 Å². The summed E-state index contributed by atoms with van der Waals surface area (Å²) in [5.41, 5.74) is 0.542. The summed E-state index contributed by atoms with van der Waals surface area (Å²) in [6.07, 6.45) is 0.0126. The van der Waals surface area contributed by atoms with Gasteiger partial charge in [-0.3, -0.25) is 4.79 Å². The summed E-state index contributed by atoms with van der Waals surface area (Å²) in [5.74, 6) is -0.879. The van der Waals surface area contributed by atoms with Crippen molar-refractivity contribution >= 4 is 35.1 Å². The number of methoxy groups -OCH3 is 1. The van der Waals surface area contributed by atoms with Crippen LogP contribution in [0.15, 0.2) is 18.2 Å². The predicted octanol–water partition coefficient (Wildman–Crippen LogP) is 2.85. The van der Waals surface area contributed by atoms with Crippen LogP contribution in [0.4, 0.5) is 0 Å². The molecule has 1 amide bonds. The number of hydrogen-bond acceptors (Lipinski definition) is 3. The number of amides is 1. The molecule has 1 aromatic carbocycles. The average molecular weight is 318 g/mol. The van der Waals surface area contributed by atoms with Crippen LogP contribution < -0.4 is 5.32 Å². The molecule has 110 valence electrons. The van der Waals surface area contributed by atoms with Crippen LogP contribution in [0.25, 0.3) is 0 Å². The second-order valence-corrected chi connectivity index (χ2v) is 5.50. The molecule has 0 saturated carbocycles. The zero-order valence-corrected chi connectivity index (χ0v) is 13.1. The van der Waals surface area contributed by atoms with Crippen LogP contribution in [0, 0.1) is 5.92 Å². The Labute approximate surface area is 128 Å². The molecule has 1 unspecified atom stereocenters. The smallest absolute Gasteiger partial charge is 0.328 e. The van der Waals surface area contributed by atoms with E-state index in [1.54, 1.807) is 18.2 Å². The lowest BCUT2D eigenvalue weighted by Crippen LogP contribution is -2.45. The Morgan fingerprint density at radius 2 is 1.80 bits per heavy atom. The SMILES string of the molecule is COC(=O)C(NC(=O)Cc1c(Cl)cccc1Cl)C(C)C. The maximum atomic E-state index is 12.0. The van der Waals surface area contributed by atoms with E-state index < -0.39 is 12.0 Å². The standard InChI is InChI=1S/C14H17Cl2NO3/c1-8(2)13(14(19)20-3)17-12(18)7-9-10(15)5-4-6-11(9)16/h4-6,8,13H,7H2,1-3H3,(H,17,18). The fourth-order valence-electron chi connectivity index (χ4n) is 1.71. The molecular weight excluding hydrogens is 301 g/mol. The van der Waals surface area contributed by atoms with Gasteiger partial charge in [-0.1, -0.05) is 43.1 Å². The highest BCUT2D eigenvalue weighted by Crippen LogP contribution is 2.24. The first-order valence-corrected chi connectivity index (χ1v) is 6.92. The third kappa shape index (κ3) is 4.39. The quantitative estimate of drug-likeness (QED) is 0.850. The van der Waals surface area contributed by atoms with E-state index in [-0.39, 0.29) is 18.2 Å². The molecule has 0 fully saturated rings. The van der Waals surface area contributed by atoms with Crippen molar-refractivity contribution in [3.8, 4) is 0 Å². The van der Waals surface area contributed by atoms with Crippen molar-refractivity contribution in [2.75, 3.05) is 7.11 Å². The van der Waals surface area contributed by atoms with Gasteiger partial charge >= 0.3 is 5.97 Å². The Hall–Kier alpha value is -1.26. The maximum Gasteiger partial charge on any atom is 0.328 e. The normalized spacial score (nSPS) is 12.1. The predicted molar refractivity (Wildman–Crippen MR) is 79.0 cm³/mol. The monoisotopic (exact) mass is 317 g/mol. The molecule has 20 heavy (non-hydrogen) atoms. The molecular formula is C14H17Cl2NO3. The first-order chi connectivity index (χ1) is 9.36. The minimum atomic E-state index is -0.686. The molecule has 0 saturated heterocycles. The van der Waals surface area contributed by atoms with Gasteiger partial charge in [-0.05, 0) is 23.6 Å². The van der Waals surface area contributed by atoms with E-state index >= 15 is 0 Å². The molecule has 0 spiro atoms. The molecule has 0 radical (unpaired) electrons. The molecule has 0 aliphatic rings. The van der Waals surface area contributed by atoms with Gasteiger partial charge in [-0.15, -0.1) is 0 Å². The molecule has 0 aliphatic carbocycles. The molecule has 0 heterocycles. The van der Waals surface area contributed by atoms with Crippen molar-refractivity contribution in [3.05, 3.63) is 33.8 Å². The van der Waals surface area contributed by atoms with Crippen LogP contribution in [0.2, 0.25) is 10.0 Å². The second kappa shape index (κ2) is 7.50. The largest absolute Gasteiger partial charge is 0.467 e. The van der Waals surface area contributed by atoms with Crippen molar-refractivity contribution < 1.29 is 14.3 Å². The Morgan fingerprint density at radius 1 is 1.25 bits per heavy atom. The summed E-state index contributed by atoms with van der Waals surface area (Å²) in [7, 11) is 1.29. The van der Waals surface area contributed by atoms with Crippen molar-refractivity contribution in [1.82, 2.24) is 5.32 Å². The van der Waals surface area contributed by atoms with E-state index in [0.29, 0.717) is 15.6 Å². The number of carbonyl (C=O) groups excluding carboxylic acids is 2. The van der Waals surface area contributed by atoms with Crippen LogP contribution >= 0.6 is 23.2 Å². The molecule has 4 nitrogen and oxygen atoms in total. The van der Waals surface area contributed by atoms with Crippen LogP contribution in [-0.2, 0) is 20.7 Å². The third-order valence-corrected chi connectivity index (χ3v) is 3.55. The van der Waals surface area contributed by atoms with Gasteiger partial charge in [0.05, 0.1) is 13.5 Å². The van der Waals surface area contributed by atoms with Gasteiger partial charge in [0.1, 0.15) is 6.04 Å². The molecule has 1 rings (SSSR count). The van der Waals surface area contributed by atoms with E-state index in [1.807, 2.05) is 13.8 Å². The van der Waals surface area contributed by atoms with E-state index in [1.165, 1.54) is 7.11 Å². The number of ether oxygens (including phenoxy) is 1. The van der Waals surface area contributed by atoms with Crippen LogP contribution in [0.1, 0.15) is 19.4 Å². The number of nitrogens with one attached hydrogen (secondary N) is 1. The highest BCUT2D eigenvalue weighted by molar-refractivity contribution is 6.36. The summed E-state index contributed by atoms with van der Waals surface area (Å²) in [4.78, 5) is 23.6. The first kappa shape index (κ1) is 16.8. The van der Waals surface area contributed by atoms with Gasteiger partial charge in [0.15, 0.2) is 0 Å². The fraction of sp³-hybridized carbons (Fsp3) is 0.429. The molecule has 6 heteroatoms. The lowest BCUT2D eigenvalue weighted by atomic mass is 10.0. The van der Waals surface area contributed by atoms with Gasteiger partial charge < -0.3 is 10.1 Å². The van der Waals surface area contributed by atoms with Gasteiger partial charge in [-0.25, -0.2) is 4.79 Å². The number of carbonyl (C=O) groups is 2. The molecule has 1 N–H and O–H groups in total. The Bertz CT molecular complexity index is 483. The second-order valence-electron chi connectivity index (χ2n) is 4.69. The Kier molecular flexibility index (Phi) is 6.30. The maximum absolute atomic E-state index is 12.0. The highest BCUT2D eigenvalue weighted by atomic mass is 35.5. The van der Waals surface area contributed by atoms with E-state index in [0.717, 1.165) is 0 Å². The number of hydrogen-bond donors (Lipinski definition) is 1. The lowest BCUT2D eigenvalue weighted by molar-refractivity contribution is -0.146.